The van der Waals surface area contributed by atoms with Crippen molar-refractivity contribution in [2.24, 2.45) is 0 Å². The fourth-order valence-electron chi connectivity index (χ4n) is 3.20. The molecule has 1 aliphatic heterocycles. The maximum absolute atomic E-state index is 9.06. The van der Waals surface area contributed by atoms with Crippen LogP contribution in [0.3, 0.4) is 0 Å². The van der Waals surface area contributed by atoms with Crippen LogP contribution in [0.15, 0.2) is 40.8 Å². The van der Waals surface area contributed by atoms with Crippen LogP contribution in [0, 0.1) is 0 Å². The number of rotatable bonds is 5. The lowest BCUT2D eigenvalue weighted by atomic mass is 9.94. The quantitative estimate of drug-likeness (QED) is 0.919. The number of nitrogens with zero attached hydrogens (tertiary/aromatic N) is 2. The van der Waals surface area contributed by atoms with Crippen molar-refractivity contribution in [1.82, 2.24) is 9.80 Å². The molecule has 0 radical (unpaired) electrons. The zero-order chi connectivity index (χ0) is 15.5. The van der Waals surface area contributed by atoms with Gasteiger partial charge in [-0.25, -0.2) is 0 Å². The standard InChI is InChI=1S/C18H24N2O2/c1-19(12-17-7-8-18(13-21)22-17)11-16-9-14-5-3-4-6-15(14)10-20(16)2/h3-8,16,21H,9-13H2,1-2H3. The van der Waals surface area contributed by atoms with Gasteiger partial charge in [0.2, 0.25) is 0 Å². The van der Waals surface area contributed by atoms with Gasteiger partial charge in [0.1, 0.15) is 18.1 Å². The van der Waals surface area contributed by atoms with Gasteiger partial charge in [0.05, 0.1) is 6.54 Å². The van der Waals surface area contributed by atoms with Crippen molar-refractivity contribution in [1.29, 1.82) is 0 Å². The summed E-state index contributed by atoms with van der Waals surface area (Å²) in [6.07, 6.45) is 1.09. The molecule has 3 rings (SSSR count). The Hall–Kier alpha value is -1.62. The van der Waals surface area contributed by atoms with Gasteiger partial charge in [0.25, 0.3) is 0 Å². The summed E-state index contributed by atoms with van der Waals surface area (Å²) in [5, 5.41) is 9.06. The third-order valence-electron chi connectivity index (χ3n) is 4.44. The number of aliphatic hydroxyl groups excluding tert-OH is 1. The van der Waals surface area contributed by atoms with Crippen molar-refractivity contribution in [3.8, 4) is 0 Å². The molecule has 1 atom stereocenters. The Balaban J connectivity index is 1.60. The van der Waals surface area contributed by atoms with Crippen LogP contribution in [0.5, 0.6) is 0 Å². The van der Waals surface area contributed by atoms with Crippen molar-refractivity contribution < 1.29 is 9.52 Å². The minimum atomic E-state index is -0.0359. The highest BCUT2D eigenvalue weighted by Crippen LogP contribution is 2.22. The van der Waals surface area contributed by atoms with Crippen LogP contribution < -0.4 is 0 Å². The Morgan fingerprint density at radius 2 is 1.91 bits per heavy atom. The Morgan fingerprint density at radius 3 is 2.64 bits per heavy atom. The summed E-state index contributed by atoms with van der Waals surface area (Å²) < 4.78 is 5.57. The zero-order valence-corrected chi connectivity index (χ0v) is 13.3. The lowest BCUT2D eigenvalue weighted by molar-refractivity contribution is 0.152. The lowest BCUT2D eigenvalue weighted by Gasteiger charge is -2.36. The highest BCUT2D eigenvalue weighted by Gasteiger charge is 2.24. The first-order chi connectivity index (χ1) is 10.7. The molecule has 22 heavy (non-hydrogen) atoms. The maximum atomic E-state index is 9.06. The van der Waals surface area contributed by atoms with Gasteiger partial charge in [-0.2, -0.15) is 0 Å². The summed E-state index contributed by atoms with van der Waals surface area (Å²) in [5.41, 5.74) is 2.92. The van der Waals surface area contributed by atoms with E-state index in [9.17, 15) is 0 Å². The summed E-state index contributed by atoms with van der Waals surface area (Å²) in [6, 6.07) is 13.0. The van der Waals surface area contributed by atoms with Crippen molar-refractivity contribution in [3.63, 3.8) is 0 Å². The Morgan fingerprint density at radius 1 is 1.18 bits per heavy atom. The molecule has 1 aromatic heterocycles. The summed E-state index contributed by atoms with van der Waals surface area (Å²) in [5.74, 6) is 1.54. The highest BCUT2D eigenvalue weighted by molar-refractivity contribution is 5.30. The van der Waals surface area contributed by atoms with E-state index in [1.807, 2.05) is 12.1 Å². The number of aliphatic hydroxyl groups is 1. The molecule has 0 bridgehead atoms. The number of benzene rings is 1. The van der Waals surface area contributed by atoms with Gasteiger partial charge in [-0.1, -0.05) is 24.3 Å². The fourth-order valence-corrected chi connectivity index (χ4v) is 3.20. The number of hydrogen-bond donors (Lipinski definition) is 1. The van der Waals surface area contributed by atoms with Gasteiger partial charge in [0, 0.05) is 19.1 Å². The average molecular weight is 300 g/mol. The highest BCUT2D eigenvalue weighted by atomic mass is 16.4. The molecule has 2 aromatic rings. The van der Waals surface area contributed by atoms with Gasteiger partial charge >= 0.3 is 0 Å². The summed E-state index contributed by atoms with van der Waals surface area (Å²) in [4.78, 5) is 4.72. The van der Waals surface area contributed by atoms with E-state index in [1.54, 1.807) is 0 Å². The molecule has 0 aliphatic carbocycles. The minimum Gasteiger partial charge on any atom is -0.462 e. The van der Waals surface area contributed by atoms with E-state index in [2.05, 4.69) is 48.2 Å². The summed E-state index contributed by atoms with van der Waals surface area (Å²) in [7, 11) is 4.32. The van der Waals surface area contributed by atoms with Crippen molar-refractivity contribution in [2.45, 2.75) is 32.2 Å². The van der Waals surface area contributed by atoms with E-state index in [-0.39, 0.29) is 6.61 Å². The molecule has 2 heterocycles. The number of hydrogen-bond acceptors (Lipinski definition) is 4. The molecule has 1 N–H and O–H groups in total. The largest absolute Gasteiger partial charge is 0.462 e. The fraction of sp³-hybridized carbons (Fsp3) is 0.444. The molecule has 0 amide bonds. The molecular formula is C18H24N2O2. The van der Waals surface area contributed by atoms with Crippen LogP contribution in [0.2, 0.25) is 0 Å². The Kier molecular flexibility index (Phi) is 4.62. The lowest BCUT2D eigenvalue weighted by Crippen LogP contribution is -2.44. The number of likely N-dealkylation sites (N-methyl/N-ethyl adjacent to an activating group) is 2. The van der Waals surface area contributed by atoms with Crippen molar-refractivity contribution >= 4 is 0 Å². The van der Waals surface area contributed by atoms with Crippen LogP contribution in [0.4, 0.5) is 0 Å². The second-order valence-corrected chi connectivity index (χ2v) is 6.26. The summed E-state index contributed by atoms with van der Waals surface area (Å²) in [6.45, 7) is 2.75. The SMILES string of the molecule is CN(Cc1ccc(CO)o1)CC1Cc2ccccc2CN1C. The van der Waals surface area contributed by atoms with E-state index >= 15 is 0 Å². The van der Waals surface area contributed by atoms with Crippen LogP contribution in [0.1, 0.15) is 22.6 Å². The van der Waals surface area contributed by atoms with Crippen molar-refractivity contribution in [2.75, 3.05) is 20.6 Å². The minimum absolute atomic E-state index is 0.0359. The molecule has 4 nitrogen and oxygen atoms in total. The van der Waals surface area contributed by atoms with E-state index in [0.717, 1.165) is 31.8 Å². The predicted octanol–water partition coefficient (Wildman–Crippen LogP) is 2.26. The van der Waals surface area contributed by atoms with E-state index in [1.165, 1.54) is 11.1 Å². The molecule has 1 aromatic carbocycles. The molecule has 0 fully saturated rings. The first kappa shape index (κ1) is 15.3. The normalized spacial score (nSPS) is 18.6. The van der Waals surface area contributed by atoms with Gasteiger partial charge in [-0.15, -0.1) is 0 Å². The molecule has 1 unspecified atom stereocenters. The second kappa shape index (κ2) is 6.65. The summed E-state index contributed by atoms with van der Waals surface area (Å²) >= 11 is 0. The van der Waals surface area contributed by atoms with Crippen LogP contribution in [0.25, 0.3) is 0 Å². The first-order valence-electron chi connectivity index (χ1n) is 7.79. The van der Waals surface area contributed by atoms with Crippen LogP contribution >= 0.6 is 0 Å². The number of furan rings is 1. The van der Waals surface area contributed by atoms with E-state index in [4.69, 9.17) is 9.52 Å². The number of fused-ring (bicyclic) bond motifs is 1. The third kappa shape index (κ3) is 3.40. The first-order valence-corrected chi connectivity index (χ1v) is 7.79. The van der Waals surface area contributed by atoms with Gasteiger partial charge in [-0.05, 0) is 43.8 Å². The molecule has 1 aliphatic rings. The molecule has 118 valence electrons. The van der Waals surface area contributed by atoms with Crippen LogP contribution in [-0.4, -0.2) is 41.6 Å². The topological polar surface area (TPSA) is 39.9 Å². The maximum Gasteiger partial charge on any atom is 0.129 e. The second-order valence-electron chi connectivity index (χ2n) is 6.26. The molecule has 0 saturated carbocycles. The Labute approximate surface area is 132 Å². The van der Waals surface area contributed by atoms with Gasteiger partial charge in [0.15, 0.2) is 0 Å². The van der Waals surface area contributed by atoms with Gasteiger partial charge < -0.3 is 9.52 Å². The monoisotopic (exact) mass is 300 g/mol. The zero-order valence-electron chi connectivity index (χ0n) is 13.3. The van der Waals surface area contributed by atoms with Crippen LogP contribution in [-0.2, 0) is 26.1 Å². The van der Waals surface area contributed by atoms with Gasteiger partial charge in [-0.3, -0.25) is 9.80 Å². The predicted molar refractivity (Wildman–Crippen MR) is 86.4 cm³/mol. The molecule has 0 saturated heterocycles. The smallest absolute Gasteiger partial charge is 0.129 e. The van der Waals surface area contributed by atoms with E-state index < -0.39 is 0 Å². The molecule has 4 heteroatoms. The van der Waals surface area contributed by atoms with E-state index in [0.29, 0.717) is 11.8 Å². The van der Waals surface area contributed by atoms with Crippen molar-refractivity contribution in [3.05, 3.63) is 59.0 Å². The molecule has 0 spiro atoms. The molecular weight excluding hydrogens is 276 g/mol. The Bertz CT molecular complexity index is 623. The average Bonchev–Trinajstić information content (AvgIpc) is 2.95. The third-order valence-corrected chi connectivity index (χ3v) is 4.44.